The minimum atomic E-state index is -0.322. The maximum absolute atomic E-state index is 10.7. The molecule has 1 N–H and O–H groups in total. The first-order valence-electron chi connectivity index (χ1n) is 6.48. The van der Waals surface area contributed by atoms with Gasteiger partial charge in [-0.1, -0.05) is 33.1 Å². The van der Waals surface area contributed by atoms with Crippen LogP contribution in [0.15, 0.2) is 0 Å². The third-order valence-electron chi connectivity index (χ3n) is 4.38. The second-order valence-corrected chi connectivity index (χ2v) is 6.99. The summed E-state index contributed by atoms with van der Waals surface area (Å²) in [6.45, 7) is 4.55. The fourth-order valence-electron chi connectivity index (χ4n) is 3.34. The second-order valence-electron chi connectivity index (χ2n) is 5.57. The van der Waals surface area contributed by atoms with Crippen molar-refractivity contribution in [1.82, 2.24) is 0 Å². The summed E-state index contributed by atoms with van der Waals surface area (Å²) < 4.78 is 0. The van der Waals surface area contributed by atoms with Crippen molar-refractivity contribution in [2.24, 2.45) is 11.8 Å². The van der Waals surface area contributed by atoms with Crippen LogP contribution in [0.1, 0.15) is 52.4 Å². The summed E-state index contributed by atoms with van der Waals surface area (Å²) in [6, 6.07) is 0. The molecule has 0 aromatic heterocycles. The summed E-state index contributed by atoms with van der Waals surface area (Å²) in [6.07, 6.45) is 7.60. The molecule has 2 fully saturated rings. The van der Waals surface area contributed by atoms with Gasteiger partial charge in [-0.3, -0.25) is 0 Å². The van der Waals surface area contributed by atoms with Gasteiger partial charge in [0.1, 0.15) is 0 Å². The number of hydrogen-bond acceptors (Lipinski definition) is 2. The minimum absolute atomic E-state index is 0.322. The van der Waals surface area contributed by atoms with Crippen molar-refractivity contribution in [3.63, 3.8) is 0 Å². The third-order valence-corrected chi connectivity index (χ3v) is 5.78. The number of aliphatic hydroxyl groups is 1. The van der Waals surface area contributed by atoms with Crippen LogP contribution in [0.4, 0.5) is 0 Å². The van der Waals surface area contributed by atoms with E-state index in [0.717, 1.165) is 18.1 Å². The lowest BCUT2D eigenvalue weighted by molar-refractivity contribution is -0.0223. The van der Waals surface area contributed by atoms with Crippen molar-refractivity contribution >= 4 is 11.8 Å². The van der Waals surface area contributed by atoms with E-state index in [9.17, 15) is 5.11 Å². The molecule has 0 bridgehead atoms. The quantitative estimate of drug-likeness (QED) is 0.781. The second kappa shape index (κ2) is 4.67. The smallest absolute Gasteiger partial charge is 0.0776 e. The normalized spacial score (nSPS) is 47.0. The van der Waals surface area contributed by atoms with Crippen molar-refractivity contribution in [3.05, 3.63) is 0 Å². The van der Waals surface area contributed by atoms with E-state index >= 15 is 0 Å². The van der Waals surface area contributed by atoms with Crippen LogP contribution in [0.3, 0.4) is 0 Å². The molecule has 1 heterocycles. The Balaban J connectivity index is 1.97. The van der Waals surface area contributed by atoms with E-state index in [1.807, 2.05) is 11.8 Å². The zero-order valence-corrected chi connectivity index (χ0v) is 10.9. The molecule has 1 saturated heterocycles. The molecule has 0 spiro atoms. The van der Waals surface area contributed by atoms with Gasteiger partial charge in [0, 0.05) is 11.0 Å². The minimum Gasteiger partial charge on any atom is -0.389 e. The Bertz CT molecular complexity index is 219. The maximum Gasteiger partial charge on any atom is 0.0776 e. The summed E-state index contributed by atoms with van der Waals surface area (Å²) >= 11 is 1.96. The SMILES string of the molecule is CCC1CCCC(C2(O)CSC(C)C2)C1. The molecule has 88 valence electrons. The van der Waals surface area contributed by atoms with Gasteiger partial charge in [-0.25, -0.2) is 0 Å². The first-order chi connectivity index (χ1) is 7.14. The van der Waals surface area contributed by atoms with E-state index in [0.29, 0.717) is 11.2 Å². The fraction of sp³-hybridized carbons (Fsp3) is 1.00. The van der Waals surface area contributed by atoms with Crippen LogP contribution in [0.25, 0.3) is 0 Å². The number of thioether (sulfide) groups is 1. The lowest BCUT2D eigenvalue weighted by Gasteiger charge is -2.38. The molecule has 1 aliphatic carbocycles. The molecular weight excluding hydrogens is 204 g/mol. The predicted molar refractivity (Wildman–Crippen MR) is 67.2 cm³/mol. The van der Waals surface area contributed by atoms with Crippen LogP contribution in [-0.4, -0.2) is 21.7 Å². The van der Waals surface area contributed by atoms with E-state index in [-0.39, 0.29) is 5.60 Å². The average molecular weight is 228 g/mol. The lowest BCUT2D eigenvalue weighted by atomic mass is 9.71. The number of hydrogen-bond donors (Lipinski definition) is 1. The van der Waals surface area contributed by atoms with Crippen LogP contribution in [-0.2, 0) is 0 Å². The van der Waals surface area contributed by atoms with Crippen LogP contribution >= 0.6 is 11.8 Å². The van der Waals surface area contributed by atoms with Gasteiger partial charge >= 0.3 is 0 Å². The van der Waals surface area contributed by atoms with Gasteiger partial charge in [0.25, 0.3) is 0 Å². The van der Waals surface area contributed by atoms with Gasteiger partial charge in [0.15, 0.2) is 0 Å². The molecule has 4 unspecified atom stereocenters. The van der Waals surface area contributed by atoms with Gasteiger partial charge in [-0.05, 0) is 31.1 Å². The molecular formula is C13H24OS. The topological polar surface area (TPSA) is 20.2 Å². The average Bonchev–Trinajstić information content (AvgIpc) is 2.60. The van der Waals surface area contributed by atoms with E-state index in [4.69, 9.17) is 0 Å². The molecule has 0 amide bonds. The lowest BCUT2D eigenvalue weighted by Crippen LogP contribution is -2.40. The molecule has 1 saturated carbocycles. The maximum atomic E-state index is 10.7. The first-order valence-corrected chi connectivity index (χ1v) is 7.53. The van der Waals surface area contributed by atoms with Crippen molar-refractivity contribution in [2.75, 3.05) is 5.75 Å². The molecule has 2 aliphatic rings. The summed E-state index contributed by atoms with van der Waals surface area (Å²) in [5.41, 5.74) is -0.322. The molecule has 0 aromatic carbocycles. The van der Waals surface area contributed by atoms with Gasteiger partial charge in [0.05, 0.1) is 5.60 Å². The summed E-state index contributed by atoms with van der Waals surface area (Å²) in [7, 11) is 0. The van der Waals surface area contributed by atoms with Crippen LogP contribution in [0.5, 0.6) is 0 Å². The fourth-order valence-corrected chi connectivity index (χ4v) is 4.67. The van der Waals surface area contributed by atoms with E-state index in [1.165, 1.54) is 32.1 Å². The Morgan fingerprint density at radius 3 is 2.80 bits per heavy atom. The van der Waals surface area contributed by atoms with Crippen molar-refractivity contribution in [1.29, 1.82) is 0 Å². The van der Waals surface area contributed by atoms with Crippen molar-refractivity contribution in [3.8, 4) is 0 Å². The highest BCUT2D eigenvalue weighted by Crippen LogP contribution is 2.45. The van der Waals surface area contributed by atoms with Gasteiger partial charge in [-0.2, -0.15) is 11.8 Å². The summed E-state index contributed by atoms with van der Waals surface area (Å²) in [5, 5.41) is 11.3. The third kappa shape index (κ3) is 2.52. The van der Waals surface area contributed by atoms with Crippen molar-refractivity contribution in [2.45, 2.75) is 63.2 Å². The van der Waals surface area contributed by atoms with Crippen LogP contribution in [0.2, 0.25) is 0 Å². The van der Waals surface area contributed by atoms with E-state index in [1.54, 1.807) is 0 Å². The predicted octanol–water partition coefficient (Wildman–Crippen LogP) is 3.46. The molecule has 2 heteroatoms. The Morgan fingerprint density at radius 1 is 1.40 bits per heavy atom. The zero-order chi connectivity index (χ0) is 10.9. The Labute approximate surface area is 98.0 Å². The highest BCUT2D eigenvalue weighted by molar-refractivity contribution is 8.00. The van der Waals surface area contributed by atoms with Gasteiger partial charge in [-0.15, -0.1) is 0 Å². The zero-order valence-electron chi connectivity index (χ0n) is 10.0. The highest BCUT2D eigenvalue weighted by Gasteiger charge is 2.43. The molecule has 1 nitrogen and oxygen atoms in total. The van der Waals surface area contributed by atoms with Gasteiger partial charge in [0.2, 0.25) is 0 Å². The monoisotopic (exact) mass is 228 g/mol. The largest absolute Gasteiger partial charge is 0.389 e. The Hall–Kier alpha value is 0.310. The van der Waals surface area contributed by atoms with Crippen LogP contribution < -0.4 is 0 Å². The molecule has 0 aromatic rings. The molecule has 4 atom stereocenters. The standard InChI is InChI=1S/C13H24OS/c1-3-11-5-4-6-12(7-11)13(14)8-10(2)15-9-13/h10-12,14H,3-9H2,1-2H3. The Kier molecular flexibility index (Phi) is 3.67. The highest BCUT2D eigenvalue weighted by atomic mass is 32.2. The number of rotatable bonds is 2. The first kappa shape index (κ1) is 11.8. The van der Waals surface area contributed by atoms with E-state index in [2.05, 4.69) is 13.8 Å². The molecule has 0 radical (unpaired) electrons. The molecule has 2 rings (SSSR count). The van der Waals surface area contributed by atoms with E-state index < -0.39 is 0 Å². The molecule has 1 aliphatic heterocycles. The summed E-state index contributed by atoms with van der Waals surface area (Å²) in [5.74, 6) is 2.46. The van der Waals surface area contributed by atoms with Gasteiger partial charge < -0.3 is 5.11 Å². The van der Waals surface area contributed by atoms with Crippen LogP contribution in [0, 0.1) is 11.8 Å². The summed E-state index contributed by atoms with van der Waals surface area (Å²) in [4.78, 5) is 0. The Morgan fingerprint density at radius 2 is 2.20 bits per heavy atom. The van der Waals surface area contributed by atoms with Crippen molar-refractivity contribution < 1.29 is 5.11 Å². The molecule has 15 heavy (non-hydrogen) atoms.